The minimum Gasteiger partial charge on any atom is -0.296 e. The molecule has 0 amide bonds. The first-order valence-corrected chi connectivity index (χ1v) is 6.90. The standard InChI is InChI=1S/C15H19ClN2/c1-11(2)9-18(14-5-6-14)10-13-4-3-12(8-17)7-15(13)16/h3-4,7,11,14H,5-6,9-10H2,1-2H3. The molecule has 0 aliphatic heterocycles. The lowest BCUT2D eigenvalue weighted by Gasteiger charge is -2.24. The van der Waals surface area contributed by atoms with E-state index in [9.17, 15) is 0 Å². The number of benzene rings is 1. The molecule has 0 atom stereocenters. The van der Waals surface area contributed by atoms with E-state index in [2.05, 4.69) is 24.8 Å². The Hall–Kier alpha value is -1.04. The van der Waals surface area contributed by atoms with E-state index in [-0.39, 0.29) is 0 Å². The van der Waals surface area contributed by atoms with Gasteiger partial charge in [-0.15, -0.1) is 0 Å². The molecule has 1 aliphatic rings. The quantitative estimate of drug-likeness (QED) is 0.806. The third kappa shape index (κ3) is 3.48. The van der Waals surface area contributed by atoms with Crippen molar-refractivity contribution in [3.63, 3.8) is 0 Å². The van der Waals surface area contributed by atoms with E-state index in [4.69, 9.17) is 16.9 Å². The van der Waals surface area contributed by atoms with Crippen LogP contribution in [0.1, 0.15) is 37.8 Å². The second-order valence-electron chi connectivity index (χ2n) is 5.47. The first-order chi connectivity index (χ1) is 8.60. The molecule has 0 bridgehead atoms. The average Bonchev–Trinajstić information content (AvgIpc) is 3.14. The van der Waals surface area contributed by atoms with Crippen molar-refractivity contribution in [2.24, 2.45) is 5.92 Å². The third-order valence-electron chi connectivity index (χ3n) is 3.22. The summed E-state index contributed by atoms with van der Waals surface area (Å²) >= 11 is 6.24. The molecule has 3 heteroatoms. The summed E-state index contributed by atoms with van der Waals surface area (Å²) in [4.78, 5) is 2.51. The number of hydrogen-bond donors (Lipinski definition) is 0. The minimum atomic E-state index is 0.630. The molecule has 0 aromatic heterocycles. The normalized spacial score (nSPS) is 15.1. The summed E-state index contributed by atoms with van der Waals surface area (Å²) < 4.78 is 0. The second-order valence-corrected chi connectivity index (χ2v) is 5.88. The Bertz CT molecular complexity index is 458. The number of nitriles is 1. The van der Waals surface area contributed by atoms with E-state index in [1.165, 1.54) is 12.8 Å². The van der Waals surface area contributed by atoms with Crippen LogP contribution in [0.2, 0.25) is 5.02 Å². The Morgan fingerprint density at radius 3 is 2.67 bits per heavy atom. The Morgan fingerprint density at radius 2 is 2.17 bits per heavy atom. The van der Waals surface area contributed by atoms with Crippen LogP contribution >= 0.6 is 11.6 Å². The summed E-state index contributed by atoms with van der Waals surface area (Å²) in [6.07, 6.45) is 2.61. The van der Waals surface area contributed by atoms with E-state index < -0.39 is 0 Å². The molecule has 1 aromatic carbocycles. The lowest BCUT2D eigenvalue weighted by Crippen LogP contribution is -2.29. The maximum Gasteiger partial charge on any atom is 0.0992 e. The summed E-state index contributed by atoms with van der Waals surface area (Å²) in [6, 6.07) is 8.45. The van der Waals surface area contributed by atoms with Crippen molar-refractivity contribution in [2.45, 2.75) is 39.3 Å². The number of halogens is 1. The number of nitrogens with zero attached hydrogens (tertiary/aromatic N) is 2. The Morgan fingerprint density at radius 1 is 1.44 bits per heavy atom. The topological polar surface area (TPSA) is 27.0 Å². The van der Waals surface area contributed by atoms with Crippen LogP contribution in [0.4, 0.5) is 0 Å². The fourth-order valence-corrected chi connectivity index (χ4v) is 2.46. The van der Waals surface area contributed by atoms with Gasteiger partial charge in [0.15, 0.2) is 0 Å². The van der Waals surface area contributed by atoms with Crippen LogP contribution in [0.25, 0.3) is 0 Å². The summed E-state index contributed by atoms with van der Waals surface area (Å²) in [6.45, 7) is 6.50. The highest BCUT2D eigenvalue weighted by Crippen LogP contribution is 2.30. The van der Waals surface area contributed by atoms with Crippen molar-refractivity contribution < 1.29 is 0 Å². The van der Waals surface area contributed by atoms with E-state index in [1.54, 1.807) is 6.07 Å². The zero-order valence-corrected chi connectivity index (χ0v) is 11.7. The van der Waals surface area contributed by atoms with Gasteiger partial charge in [-0.3, -0.25) is 4.90 Å². The smallest absolute Gasteiger partial charge is 0.0992 e. The van der Waals surface area contributed by atoms with Gasteiger partial charge in [0.25, 0.3) is 0 Å². The predicted molar refractivity (Wildman–Crippen MR) is 74.4 cm³/mol. The molecule has 18 heavy (non-hydrogen) atoms. The molecule has 0 heterocycles. The zero-order chi connectivity index (χ0) is 13.1. The maximum absolute atomic E-state index is 8.83. The van der Waals surface area contributed by atoms with Crippen molar-refractivity contribution >= 4 is 11.6 Å². The van der Waals surface area contributed by atoms with Crippen LogP contribution in [0.3, 0.4) is 0 Å². The second kappa shape index (κ2) is 5.73. The summed E-state index contributed by atoms with van der Waals surface area (Å²) in [5.41, 5.74) is 1.76. The van der Waals surface area contributed by atoms with Gasteiger partial charge in [-0.1, -0.05) is 31.5 Å². The first kappa shape index (κ1) is 13.4. The highest BCUT2D eigenvalue weighted by molar-refractivity contribution is 6.31. The monoisotopic (exact) mass is 262 g/mol. The fraction of sp³-hybridized carbons (Fsp3) is 0.533. The zero-order valence-electron chi connectivity index (χ0n) is 11.0. The molecule has 96 valence electrons. The molecular weight excluding hydrogens is 244 g/mol. The maximum atomic E-state index is 8.83. The molecule has 1 fully saturated rings. The lowest BCUT2D eigenvalue weighted by atomic mass is 10.1. The predicted octanol–water partition coefficient (Wildman–Crippen LogP) is 3.83. The van der Waals surface area contributed by atoms with Crippen LogP contribution in [-0.4, -0.2) is 17.5 Å². The van der Waals surface area contributed by atoms with Crippen molar-refractivity contribution in [1.82, 2.24) is 4.90 Å². The molecule has 0 unspecified atom stereocenters. The van der Waals surface area contributed by atoms with Gasteiger partial charge in [0.05, 0.1) is 11.6 Å². The van der Waals surface area contributed by atoms with Crippen LogP contribution in [0.5, 0.6) is 0 Å². The van der Waals surface area contributed by atoms with Gasteiger partial charge >= 0.3 is 0 Å². The Kier molecular flexibility index (Phi) is 4.27. The first-order valence-electron chi connectivity index (χ1n) is 6.52. The van der Waals surface area contributed by atoms with Gasteiger partial charge in [0.2, 0.25) is 0 Å². The third-order valence-corrected chi connectivity index (χ3v) is 3.57. The van der Waals surface area contributed by atoms with Crippen LogP contribution in [-0.2, 0) is 6.54 Å². The SMILES string of the molecule is CC(C)CN(Cc1ccc(C#N)cc1Cl)C1CC1. The average molecular weight is 263 g/mol. The highest BCUT2D eigenvalue weighted by Gasteiger charge is 2.29. The summed E-state index contributed by atoms with van der Waals surface area (Å²) in [5, 5.41) is 9.54. The molecule has 2 nitrogen and oxygen atoms in total. The highest BCUT2D eigenvalue weighted by atomic mass is 35.5. The van der Waals surface area contributed by atoms with Gasteiger partial charge in [0, 0.05) is 24.2 Å². The van der Waals surface area contributed by atoms with E-state index in [1.807, 2.05) is 12.1 Å². The van der Waals surface area contributed by atoms with Gasteiger partial charge in [-0.05, 0) is 36.5 Å². The van der Waals surface area contributed by atoms with Gasteiger partial charge in [-0.25, -0.2) is 0 Å². The van der Waals surface area contributed by atoms with Crippen LogP contribution < -0.4 is 0 Å². The van der Waals surface area contributed by atoms with E-state index in [0.29, 0.717) is 16.5 Å². The molecule has 0 saturated heterocycles. The van der Waals surface area contributed by atoms with Gasteiger partial charge in [-0.2, -0.15) is 5.26 Å². The number of rotatable bonds is 5. The van der Waals surface area contributed by atoms with Crippen molar-refractivity contribution in [2.75, 3.05) is 6.54 Å². The molecule has 0 N–H and O–H groups in total. The molecule has 1 aromatic rings. The van der Waals surface area contributed by atoms with E-state index >= 15 is 0 Å². The van der Waals surface area contributed by atoms with Crippen LogP contribution in [0.15, 0.2) is 18.2 Å². The lowest BCUT2D eigenvalue weighted by molar-refractivity contribution is 0.226. The summed E-state index contributed by atoms with van der Waals surface area (Å²) in [7, 11) is 0. The number of hydrogen-bond acceptors (Lipinski definition) is 2. The van der Waals surface area contributed by atoms with Gasteiger partial charge < -0.3 is 0 Å². The van der Waals surface area contributed by atoms with Crippen molar-refractivity contribution in [1.29, 1.82) is 5.26 Å². The van der Waals surface area contributed by atoms with Gasteiger partial charge in [0.1, 0.15) is 0 Å². The fourth-order valence-electron chi connectivity index (χ4n) is 2.22. The minimum absolute atomic E-state index is 0.630. The molecule has 0 radical (unpaired) electrons. The van der Waals surface area contributed by atoms with Crippen LogP contribution in [0, 0.1) is 17.2 Å². The van der Waals surface area contributed by atoms with Crippen molar-refractivity contribution in [3.8, 4) is 6.07 Å². The molecular formula is C15H19ClN2. The Labute approximate surface area is 114 Å². The largest absolute Gasteiger partial charge is 0.296 e. The summed E-state index contributed by atoms with van der Waals surface area (Å²) in [5.74, 6) is 0.669. The van der Waals surface area contributed by atoms with Crippen molar-refractivity contribution in [3.05, 3.63) is 34.3 Å². The molecule has 2 rings (SSSR count). The molecule has 1 saturated carbocycles. The Balaban J connectivity index is 2.09. The van der Waals surface area contributed by atoms with E-state index in [0.717, 1.165) is 24.7 Å². The molecule has 1 aliphatic carbocycles. The molecule has 0 spiro atoms.